The van der Waals surface area contributed by atoms with Crippen molar-refractivity contribution in [2.24, 2.45) is 0 Å². The lowest BCUT2D eigenvalue weighted by atomic mass is 10.3. The lowest BCUT2D eigenvalue weighted by Gasteiger charge is -2.23. The van der Waals surface area contributed by atoms with Crippen LogP contribution in [0.15, 0.2) is 47.8 Å². The predicted octanol–water partition coefficient (Wildman–Crippen LogP) is 3.10. The van der Waals surface area contributed by atoms with E-state index < -0.39 is 21.9 Å². The summed E-state index contributed by atoms with van der Waals surface area (Å²) in [6.45, 7) is 1.97. The van der Waals surface area contributed by atoms with E-state index in [0.29, 0.717) is 18.2 Å². The van der Waals surface area contributed by atoms with Crippen LogP contribution in [0.2, 0.25) is 0 Å². The number of hydrogen-bond acceptors (Lipinski definition) is 4. The first-order chi connectivity index (χ1) is 10.8. The van der Waals surface area contributed by atoms with E-state index in [-0.39, 0.29) is 11.4 Å². The molecule has 2 aromatic heterocycles. The number of nitrogens with zero attached hydrogens (tertiary/aromatic N) is 3. The van der Waals surface area contributed by atoms with Crippen LogP contribution in [0.1, 0.15) is 19.0 Å². The van der Waals surface area contributed by atoms with E-state index in [9.17, 15) is 21.6 Å². The van der Waals surface area contributed by atoms with Crippen LogP contribution in [0.25, 0.3) is 0 Å². The normalized spacial score (nSPS) is 12.2. The van der Waals surface area contributed by atoms with Crippen LogP contribution < -0.4 is 4.31 Å². The molecule has 0 radical (unpaired) electrons. The zero-order valence-electron chi connectivity index (χ0n) is 12.2. The smallest absolute Gasteiger partial charge is 0.265 e. The van der Waals surface area contributed by atoms with Crippen molar-refractivity contribution in [1.29, 1.82) is 0 Å². The number of halogens is 3. The molecule has 0 spiro atoms. The molecule has 0 aliphatic rings. The van der Waals surface area contributed by atoms with E-state index in [0.717, 1.165) is 16.6 Å². The molecule has 2 aromatic rings. The molecule has 0 saturated carbocycles. The summed E-state index contributed by atoms with van der Waals surface area (Å²) in [5, 5.41) is 0. The minimum Gasteiger partial charge on any atom is -0.265 e. The Balaban J connectivity index is 2.42. The highest BCUT2D eigenvalue weighted by atomic mass is 32.2. The molecule has 5 nitrogen and oxygen atoms in total. The van der Waals surface area contributed by atoms with Crippen molar-refractivity contribution in [1.82, 2.24) is 9.97 Å². The van der Waals surface area contributed by atoms with E-state index in [2.05, 4.69) is 9.97 Å². The minimum absolute atomic E-state index is 0.176. The zero-order chi connectivity index (χ0) is 17.1. The van der Waals surface area contributed by atoms with Gasteiger partial charge in [-0.3, -0.25) is 14.3 Å². The van der Waals surface area contributed by atoms with Gasteiger partial charge in [0.1, 0.15) is 10.6 Å². The van der Waals surface area contributed by atoms with E-state index >= 15 is 0 Å². The molecule has 124 valence electrons. The molecule has 2 heterocycles. The fourth-order valence-corrected chi connectivity index (χ4v) is 3.41. The van der Waals surface area contributed by atoms with Crippen molar-refractivity contribution in [3.63, 3.8) is 0 Å². The Hall–Kier alpha value is -2.16. The number of pyridine rings is 2. The van der Waals surface area contributed by atoms with Crippen molar-refractivity contribution in [2.75, 3.05) is 10.8 Å². The summed E-state index contributed by atoms with van der Waals surface area (Å²) in [7, 11) is -4.02. The second-order valence-corrected chi connectivity index (χ2v) is 6.53. The van der Waals surface area contributed by atoms with Crippen molar-refractivity contribution in [3.8, 4) is 0 Å². The van der Waals surface area contributed by atoms with Crippen LogP contribution in [0.5, 0.6) is 0 Å². The third kappa shape index (κ3) is 3.79. The molecule has 0 saturated heterocycles. The molecule has 0 bridgehead atoms. The molecule has 2 rings (SSSR count). The molecular weight excluding hydrogens is 331 g/mol. The van der Waals surface area contributed by atoms with Crippen molar-refractivity contribution < 1.29 is 21.6 Å². The largest absolute Gasteiger partial charge is 0.433 e. The van der Waals surface area contributed by atoms with Gasteiger partial charge in [-0.1, -0.05) is 6.92 Å². The summed E-state index contributed by atoms with van der Waals surface area (Å²) in [4.78, 5) is 6.77. The van der Waals surface area contributed by atoms with Crippen LogP contribution in [0.3, 0.4) is 0 Å². The Kier molecular flexibility index (Phi) is 4.88. The summed E-state index contributed by atoms with van der Waals surface area (Å²) >= 11 is 0. The standard InChI is InChI=1S/C14H14F3N3O2S/c1-2-8-20(11-4-3-7-18-9-11)23(21,22)12-5-6-13(19-10-12)14(15,16)17/h3-7,9-10H,2,8H2,1H3. The van der Waals surface area contributed by atoms with Crippen LogP contribution in [0, 0.1) is 0 Å². The summed E-state index contributed by atoms with van der Waals surface area (Å²) in [6.07, 6.45) is -0.487. The van der Waals surface area contributed by atoms with Gasteiger partial charge in [-0.05, 0) is 30.7 Å². The molecule has 0 fully saturated rings. The predicted molar refractivity (Wildman–Crippen MR) is 78.3 cm³/mol. The Morgan fingerprint density at radius 2 is 1.91 bits per heavy atom. The lowest BCUT2D eigenvalue weighted by molar-refractivity contribution is -0.141. The monoisotopic (exact) mass is 345 g/mol. The van der Waals surface area contributed by atoms with Gasteiger partial charge >= 0.3 is 6.18 Å². The van der Waals surface area contributed by atoms with Crippen LogP contribution >= 0.6 is 0 Å². The Labute approximate surface area is 131 Å². The summed E-state index contributed by atoms with van der Waals surface area (Å²) in [6, 6.07) is 4.71. The fraction of sp³-hybridized carbons (Fsp3) is 0.286. The second kappa shape index (κ2) is 6.53. The van der Waals surface area contributed by atoms with Gasteiger partial charge in [0.05, 0.1) is 11.9 Å². The van der Waals surface area contributed by atoms with Crippen molar-refractivity contribution >= 4 is 15.7 Å². The summed E-state index contributed by atoms with van der Waals surface area (Å²) in [5.41, 5.74) is -0.797. The molecule has 0 aliphatic carbocycles. The first kappa shape index (κ1) is 17.2. The van der Waals surface area contributed by atoms with Gasteiger partial charge in [-0.15, -0.1) is 0 Å². The molecule has 0 amide bonds. The van der Waals surface area contributed by atoms with E-state index in [1.165, 1.54) is 12.4 Å². The van der Waals surface area contributed by atoms with E-state index in [4.69, 9.17) is 0 Å². The Morgan fingerprint density at radius 3 is 2.39 bits per heavy atom. The van der Waals surface area contributed by atoms with E-state index in [1.54, 1.807) is 19.1 Å². The molecule has 0 unspecified atom stereocenters. The highest BCUT2D eigenvalue weighted by molar-refractivity contribution is 7.92. The number of alkyl halides is 3. The minimum atomic E-state index is -4.62. The maximum atomic E-state index is 12.7. The molecule has 23 heavy (non-hydrogen) atoms. The van der Waals surface area contributed by atoms with Crippen LogP contribution in [0.4, 0.5) is 18.9 Å². The number of aromatic nitrogens is 2. The Bertz CT molecular complexity index is 747. The van der Waals surface area contributed by atoms with Crippen LogP contribution in [-0.2, 0) is 16.2 Å². The van der Waals surface area contributed by atoms with Gasteiger partial charge in [0.2, 0.25) is 0 Å². The average molecular weight is 345 g/mol. The van der Waals surface area contributed by atoms with Gasteiger partial charge in [0.25, 0.3) is 10.0 Å². The van der Waals surface area contributed by atoms with Crippen molar-refractivity contribution in [3.05, 3.63) is 48.5 Å². The van der Waals surface area contributed by atoms with Crippen LogP contribution in [-0.4, -0.2) is 24.9 Å². The highest BCUT2D eigenvalue weighted by Gasteiger charge is 2.33. The number of rotatable bonds is 5. The van der Waals surface area contributed by atoms with Gasteiger partial charge in [-0.2, -0.15) is 13.2 Å². The topological polar surface area (TPSA) is 63.2 Å². The first-order valence-corrected chi connectivity index (χ1v) is 8.17. The molecular formula is C14H14F3N3O2S. The molecule has 0 N–H and O–H groups in total. The summed E-state index contributed by atoms with van der Waals surface area (Å²) < 4.78 is 64.0. The van der Waals surface area contributed by atoms with Crippen molar-refractivity contribution in [2.45, 2.75) is 24.4 Å². The molecule has 0 atom stereocenters. The maximum absolute atomic E-state index is 12.7. The number of anilines is 1. The quantitative estimate of drug-likeness (QED) is 0.835. The Morgan fingerprint density at radius 1 is 1.17 bits per heavy atom. The van der Waals surface area contributed by atoms with Gasteiger partial charge in [0.15, 0.2) is 0 Å². The fourth-order valence-electron chi connectivity index (χ4n) is 1.92. The maximum Gasteiger partial charge on any atom is 0.433 e. The third-order valence-corrected chi connectivity index (χ3v) is 4.79. The summed E-state index contributed by atoms with van der Waals surface area (Å²) in [5.74, 6) is 0. The molecule has 9 heteroatoms. The first-order valence-electron chi connectivity index (χ1n) is 6.73. The second-order valence-electron chi connectivity index (χ2n) is 4.67. The van der Waals surface area contributed by atoms with Gasteiger partial charge < -0.3 is 0 Å². The molecule has 0 aliphatic heterocycles. The average Bonchev–Trinajstić information content (AvgIpc) is 2.52. The van der Waals surface area contributed by atoms with Gasteiger partial charge in [0, 0.05) is 18.9 Å². The zero-order valence-corrected chi connectivity index (χ0v) is 13.0. The molecule has 0 aromatic carbocycles. The SMILES string of the molecule is CCCN(c1cccnc1)S(=O)(=O)c1ccc(C(F)(F)F)nc1. The van der Waals surface area contributed by atoms with E-state index in [1.807, 2.05) is 0 Å². The van der Waals surface area contributed by atoms with Gasteiger partial charge in [-0.25, -0.2) is 8.42 Å². The highest BCUT2D eigenvalue weighted by Crippen LogP contribution is 2.29. The third-order valence-electron chi connectivity index (χ3n) is 2.98. The number of sulfonamides is 1. The lowest BCUT2D eigenvalue weighted by Crippen LogP contribution is -2.32. The number of hydrogen-bond donors (Lipinski definition) is 0.